The molecule has 0 spiro atoms. The molecule has 0 aliphatic rings. The quantitative estimate of drug-likeness (QED) is 0.135. The molecule has 0 unspecified atom stereocenters. The summed E-state index contributed by atoms with van der Waals surface area (Å²) in [7, 11) is 0. The molecule has 8 nitrogen and oxygen atoms in total. The zero-order valence-corrected chi connectivity index (χ0v) is 37.6. The maximum absolute atomic E-state index is 5.61. The third-order valence-corrected chi connectivity index (χ3v) is 13.1. The van der Waals surface area contributed by atoms with Crippen LogP contribution in [0.3, 0.4) is 0 Å². The van der Waals surface area contributed by atoms with Gasteiger partial charge in [-0.15, -0.1) is 0 Å². The van der Waals surface area contributed by atoms with Crippen molar-refractivity contribution < 1.29 is 0 Å². The van der Waals surface area contributed by atoms with Crippen molar-refractivity contribution in [2.75, 3.05) is 0 Å². The summed E-state index contributed by atoms with van der Waals surface area (Å²) in [6.07, 6.45) is 8.14. The molecule has 0 saturated carbocycles. The van der Waals surface area contributed by atoms with Crippen molar-refractivity contribution in [3.05, 3.63) is 231 Å². The number of hydrogen-bond donors (Lipinski definition) is 0. The van der Waals surface area contributed by atoms with Crippen LogP contribution in [0.1, 0.15) is 6.92 Å². The van der Waals surface area contributed by atoms with E-state index in [9.17, 15) is 0 Å². The Hall–Kier alpha value is -9.40. The van der Waals surface area contributed by atoms with Crippen LogP contribution in [0.25, 0.3) is 123 Å². The van der Waals surface area contributed by atoms with Crippen LogP contribution in [-0.2, 0) is 0 Å². The van der Waals surface area contributed by atoms with Gasteiger partial charge in [0.25, 0.3) is 0 Å². The number of hydrogen-bond acceptors (Lipinski definition) is 4. The van der Waals surface area contributed by atoms with Gasteiger partial charge in [-0.05, 0) is 96.9 Å². The summed E-state index contributed by atoms with van der Waals surface area (Å²) in [5.41, 5.74) is 15.3. The van der Waals surface area contributed by atoms with Crippen LogP contribution in [-0.4, -0.2) is 38.0 Å². The smallest absolute Gasteiger partial charge is 0.222 e. The van der Waals surface area contributed by atoms with Gasteiger partial charge in [0.1, 0.15) is 5.52 Å². The lowest BCUT2D eigenvalue weighted by Crippen LogP contribution is -2.01. The van der Waals surface area contributed by atoms with Gasteiger partial charge in [0.05, 0.1) is 27.6 Å². The topological polar surface area (TPSA) is 70.8 Å². The number of aromatic nitrogens is 8. The highest BCUT2D eigenvalue weighted by atomic mass is 15.2. The zero-order valence-electron chi connectivity index (χ0n) is 37.6. The van der Waals surface area contributed by atoms with Gasteiger partial charge in [-0.2, -0.15) is 4.98 Å². The van der Waals surface area contributed by atoms with Crippen LogP contribution in [0.2, 0.25) is 0 Å². The van der Waals surface area contributed by atoms with Crippen LogP contribution >= 0.6 is 0 Å². The van der Waals surface area contributed by atoms with Crippen LogP contribution in [0.15, 0.2) is 231 Å². The third-order valence-electron chi connectivity index (χ3n) is 13.1. The van der Waals surface area contributed by atoms with E-state index in [0.29, 0.717) is 17.5 Å². The number of benzene rings is 8. The van der Waals surface area contributed by atoms with E-state index >= 15 is 0 Å². The Bertz CT molecular complexity index is 4150. The third kappa shape index (κ3) is 6.45. The second-order valence-electron chi connectivity index (χ2n) is 17.1. The van der Waals surface area contributed by atoms with Crippen molar-refractivity contribution in [3.63, 3.8) is 0 Å². The first-order valence-corrected chi connectivity index (χ1v) is 23.1. The molecule has 326 valence electrons. The maximum Gasteiger partial charge on any atom is 0.222 e. The molecule has 13 aromatic rings. The molecule has 0 N–H and O–H groups in total. The van der Waals surface area contributed by atoms with Crippen molar-refractivity contribution in [1.29, 1.82) is 0 Å². The first kappa shape index (κ1) is 39.9. The molecule has 0 saturated heterocycles. The first-order chi connectivity index (χ1) is 34.1. The highest BCUT2D eigenvalue weighted by Gasteiger charge is 2.25. The predicted molar refractivity (Wildman–Crippen MR) is 284 cm³/mol. The lowest BCUT2D eigenvalue weighted by Gasteiger charge is -2.11. The summed E-state index contributed by atoms with van der Waals surface area (Å²) >= 11 is 0. The molecule has 0 aliphatic heterocycles. The first-order valence-electron chi connectivity index (χ1n) is 23.1. The molecule has 5 heterocycles. The van der Waals surface area contributed by atoms with E-state index in [1.54, 1.807) is 0 Å². The van der Waals surface area contributed by atoms with E-state index in [0.717, 1.165) is 94.8 Å². The number of fused-ring (bicyclic) bond motifs is 10. The van der Waals surface area contributed by atoms with Crippen molar-refractivity contribution in [2.24, 2.45) is 0 Å². The summed E-state index contributed by atoms with van der Waals surface area (Å²) in [6.45, 7) is 6.22. The van der Waals surface area contributed by atoms with Crippen molar-refractivity contribution >= 4 is 66.4 Å². The number of allylic oxidation sites excluding steroid dienone is 5. The van der Waals surface area contributed by atoms with Gasteiger partial charge in [0.2, 0.25) is 5.78 Å². The number of rotatable bonds is 9. The van der Waals surface area contributed by atoms with Crippen molar-refractivity contribution in [1.82, 2.24) is 38.0 Å². The van der Waals surface area contributed by atoms with Crippen molar-refractivity contribution in [2.45, 2.75) is 6.92 Å². The highest BCUT2D eigenvalue weighted by Crippen LogP contribution is 2.41. The normalized spacial score (nSPS) is 12.2. The SMILES string of the molecule is C=C/C(=C\C=C/C)n1c2ccccc2c2cc(-c3ccc4c(c3)c3c(nc5n(-c6ccccc6)c6ccccc6n35)n4-c3cccc(-c4nc(-c5ccccc5)nc(-c5ccccc5)n4)c3)ccc21. The van der Waals surface area contributed by atoms with Gasteiger partial charge >= 0.3 is 0 Å². The molecule has 8 aromatic carbocycles. The lowest BCUT2D eigenvalue weighted by atomic mass is 10.0. The molecular weight excluding hydrogens is 845 g/mol. The fourth-order valence-electron chi connectivity index (χ4n) is 10.0. The molecule has 0 bridgehead atoms. The van der Waals surface area contributed by atoms with Crippen LogP contribution in [0.4, 0.5) is 0 Å². The Morgan fingerprint density at radius 3 is 1.67 bits per heavy atom. The van der Waals surface area contributed by atoms with E-state index < -0.39 is 0 Å². The number of imidazole rings is 2. The Balaban J connectivity index is 1.05. The summed E-state index contributed by atoms with van der Waals surface area (Å²) < 4.78 is 9.19. The van der Waals surface area contributed by atoms with Gasteiger partial charge in [-0.1, -0.05) is 152 Å². The monoisotopic (exact) mass is 886 g/mol. The van der Waals surface area contributed by atoms with Gasteiger partial charge in [0.15, 0.2) is 23.1 Å². The van der Waals surface area contributed by atoms with Crippen LogP contribution in [0.5, 0.6) is 0 Å². The summed E-state index contributed by atoms with van der Waals surface area (Å²) in [4.78, 5) is 20.8. The zero-order chi connectivity index (χ0) is 46.0. The maximum atomic E-state index is 5.61. The van der Waals surface area contributed by atoms with Gasteiger partial charge in [-0.3, -0.25) is 13.5 Å². The standard InChI is InChI=1S/C61H42N8/c1-3-5-25-45(4-2)66-51-30-16-15-29-48(51)49-38-42(33-35-52(49)66)43-34-36-53-50(39-43)56-60(65-61-68(46-26-13-8-14-27-46)54-31-17-18-32-55(54)69(56)61)67(53)47-28-19-24-44(37-47)59-63-57(40-20-9-6-10-21-40)62-58(64-59)41-22-11-7-12-23-41/h3-39H,2H2,1H3/b5-3-,45-25+. The highest BCUT2D eigenvalue weighted by molar-refractivity contribution is 6.13. The van der Waals surface area contributed by atoms with Crippen LogP contribution in [0, 0.1) is 0 Å². The lowest BCUT2D eigenvalue weighted by molar-refractivity contribution is 1.07. The summed E-state index contributed by atoms with van der Waals surface area (Å²) in [5.74, 6) is 2.65. The minimum atomic E-state index is 0.588. The molecule has 0 fully saturated rings. The van der Waals surface area contributed by atoms with E-state index in [2.05, 4.69) is 176 Å². The average molecular weight is 887 g/mol. The van der Waals surface area contributed by atoms with E-state index in [1.807, 2.05) is 79.7 Å². The van der Waals surface area contributed by atoms with E-state index in [4.69, 9.17) is 19.9 Å². The fraction of sp³-hybridized carbons (Fsp3) is 0.0164. The Kier molecular flexibility index (Phi) is 9.36. The van der Waals surface area contributed by atoms with E-state index in [1.165, 1.54) is 10.8 Å². The molecule has 69 heavy (non-hydrogen) atoms. The Morgan fingerprint density at radius 2 is 0.986 bits per heavy atom. The number of para-hydroxylation sites is 4. The van der Waals surface area contributed by atoms with Gasteiger partial charge in [-0.25, -0.2) is 15.0 Å². The number of nitrogens with zero attached hydrogens (tertiary/aromatic N) is 8. The Morgan fingerprint density at radius 1 is 0.435 bits per heavy atom. The average Bonchev–Trinajstić information content (AvgIpc) is 4.14. The predicted octanol–water partition coefficient (Wildman–Crippen LogP) is 14.9. The molecule has 0 amide bonds. The molecule has 0 atom stereocenters. The molecule has 8 heteroatoms. The second kappa shape index (κ2) is 16.2. The summed E-state index contributed by atoms with van der Waals surface area (Å²) in [6, 6.07) is 70.0. The van der Waals surface area contributed by atoms with Gasteiger partial charge < -0.3 is 4.57 Å². The summed E-state index contributed by atoms with van der Waals surface area (Å²) in [5, 5.41) is 3.45. The molecule has 13 rings (SSSR count). The molecule has 5 aromatic heterocycles. The van der Waals surface area contributed by atoms with E-state index in [-0.39, 0.29) is 0 Å². The Labute approximate surface area is 397 Å². The fourth-order valence-corrected chi connectivity index (χ4v) is 10.0. The van der Waals surface area contributed by atoms with Crippen LogP contribution < -0.4 is 0 Å². The second-order valence-corrected chi connectivity index (χ2v) is 17.1. The van der Waals surface area contributed by atoms with Gasteiger partial charge in [0, 0.05) is 49.9 Å². The molecule has 0 radical (unpaired) electrons. The minimum Gasteiger partial charge on any atom is -0.309 e. The largest absolute Gasteiger partial charge is 0.309 e. The molecule has 0 aliphatic carbocycles. The van der Waals surface area contributed by atoms with Crippen molar-refractivity contribution in [3.8, 4) is 56.7 Å². The molecular formula is C61H42N8. The minimum absolute atomic E-state index is 0.588.